The normalized spacial score (nSPS) is 15.1. The highest BCUT2D eigenvalue weighted by molar-refractivity contribution is 7.14. The van der Waals surface area contributed by atoms with Gasteiger partial charge in [0.15, 0.2) is 5.01 Å². The maximum Gasteiger partial charge on any atom is 0.306 e. The van der Waals surface area contributed by atoms with Gasteiger partial charge in [0.25, 0.3) is 0 Å². The van der Waals surface area contributed by atoms with E-state index in [1.165, 1.54) is 0 Å². The van der Waals surface area contributed by atoms with Gasteiger partial charge in [-0.2, -0.15) is 0 Å². The van der Waals surface area contributed by atoms with Gasteiger partial charge in [-0.05, 0) is 64.7 Å². The summed E-state index contributed by atoms with van der Waals surface area (Å²) in [4.78, 5) is 12.8. The van der Waals surface area contributed by atoms with Crippen molar-refractivity contribution < 1.29 is 18.8 Å². The number of hydrogen-bond acceptors (Lipinski definition) is 8. The molecule has 3 rings (SSSR count). The molecule has 0 bridgehead atoms. The third-order valence-corrected chi connectivity index (χ3v) is 6.63. The van der Waals surface area contributed by atoms with Crippen molar-refractivity contribution in [1.29, 1.82) is 0 Å². The summed E-state index contributed by atoms with van der Waals surface area (Å²) in [7, 11) is 0. The van der Waals surface area contributed by atoms with Gasteiger partial charge in [-0.1, -0.05) is 43.7 Å². The highest BCUT2D eigenvalue weighted by Crippen LogP contribution is 2.49. The van der Waals surface area contributed by atoms with Crippen LogP contribution in [0.4, 0.5) is 0 Å². The van der Waals surface area contributed by atoms with Crippen molar-refractivity contribution in [3.8, 4) is 10.8 Å². The minimum absolute atomic E-state index is 0.0687. The highest BCUT2D eigenvalue weighted by atomic mass is 32.1. The lowest BCUT2D eigenvalue weighted by Crippen LogP contribution is -2.25. The molecule has 0 amide bonds. The second-order valence-electron chi connectivity index (χ2n) is 10.8. The van der Waals surface area contributed by atoms with Gasteiger partial charge >= 0.3 is 5.97 Å². The number of carbonyl (C=O) groups is 1. The predicted octanol–water partition coefficient (Wildman–Crippen LogP) is 6.68. The van der Waals surface area contributed by atoms with Crippen LogP contribution in [0.1, 0.15) is 115 Å². The van der Waals surface area contributed by atoms with Crippen LogP contribution < -0.4 is 0 Å². The number of hydrogen-bond donors (Lipinski definition) is 0. The second-order valence-corrected chi connectivity index (χ2v) is 11.8. The smallest absolute Gasteiger partial charge is 0.306 e. The van der Waals surface area contributed by atoms with Crippen molar-refractivity contribution in [3.05, 3.63) is 16.3 Å². The summed E-state index contributed by atoms with van der Waals surface area (Å²) in [5.74, 6) is 1.40. The summed E-state index contributed by atoms with van der Waals surface area (Å²) in [5, 5.41) is 15.1. The Balaban J connectivity index is 1.81. The Morgan fingerprint density at radius 2 is 1.91 bits per heavy atom. The number of unbranched alkanes of at least 4 members (excludes halogenated alkanes) is 1. The van der Waals surface area contributed by atoms with E-state index in [0.29, 0.717) is 18.4 Å². The number of carbonyl (C=O) groups excluding carboxylic acids is 1. The third kappa shape index (κ3) is 8.15. The Morgan fingerprint density at radius 1 is 1.18 bits per heavy atom. The number of ether oxygens (including phenoxy) is 2. The van der Waals surface area contributed by atoms with E-state index in [9.17, 15) is 4.79 Å². The minimum atomic E-state index is -0.515. The molecular formula is C26H41N3O4S. The van der Waals surface area contributed by atoms with Gasteiger partial charge in [0.05, 0.1) is 12.1 Å². The minimum Gasteiger partial charge on any atom is -0.460 e. The molecule has 1 aliphatic carbocycles. The van der Waals surface area contributed by atoms with Gasteiger partial charge in [-0.15, -0.1) is 10.2 Å². The molecule has 0 radical (unpaired) electrons. The molecule has 0 saturated heterocycles. The Labute approximate surface area is 208 Å². The average Bonchev–Trinajstić information content (AvgIpc) is 3.31. The zero-order valence-corrected chi connectivity index (χ0v) is 22.5. The van der Waals surface area contributed by atoms with E-state index in [2.05, 4.69) is 36.1 Å². The zero-order chi connectivity index (χ0) is 24.7. The molecular weight excluding hydrogens is 450 g/mol. The van der Waals surface area contributed by atoms with E-state index in [0.717, 1.165) is 78.6 Å². The molecule has 2 aromatic rings. The van der Waals surface area contributed by atoms with Crippen LogP contribution in [0.3, 0.4) is 0 Å². The van der Waals surface area contributed by atoms with Gasteiger partial charge in [-0.3, -0.25) is 4.79 Å². The van der Waals surface area contributed by atoms with E-state index in [1.54, 1.807) is 11.3 Å². The van der Waals surface area contributed by atoms with Crippen LogP contribution in [0, 0.1) is 5.92 Å². The summed E-state index contributed by atoms with van der Waals surface area (Å²) in [5.41, 5.74) is 1.49. The quantitative estimate of drug-likeness (QED) is 0.215. The fourth-order valence-electron chi connectivity index (χ4n) is 4.00. The lowest BCUT2D eigenvalue weighted by Gasteiger charge is -2.22. The molecule has 7 nitrogen and oxygen atoms in total. The summed E-state index contributed by atoms with van der Waals surface area (Å²) in [6.45, 7) is 13.7. The van der Waals surface area contributed by atoms with Crippen molar-refractivity contribution in [2.45, 2.75) is 110 Å². The van der Waals surface area contributed by atoms with Gasteiger partial charge < -0.3 is 14.0 Å². The molecule has 1 atom stereocenters. The van der Waals surface area contributed by atoms with E-state index in [1.807, 2.05) is 20.8 Å². The molecule has 0 aromatic carbocycles. The summed E-state index contributed by atoms with van der Waals surface area (Å²) >= 11 is 1.58. The van der Waals surface area contributed by atoms with Crippen LogP contribution in [0.15, 0.2) is 4.52 Å². The molecule has 8 heteroatoms. The Hall–Kier alpha value is -1.80. The Morgan fingerprint density at radius 3 is 2.56 bits per heavy atom. The van der Waals surface area contributed by atoms with Gasteiger partial charge in [0.2, 0.25) is 5.76 Å². The third-order valence-electron chi connectivity index (χ3n) is 5.69. The van der Waals surface area contributed by atoms with Crippen LogP contribution in [-0.4, -0.2) is 40.1 Å². The molecule has 0 unspecified atom stereocenters. The molecule has 190 valence electrons. The fraction of sp³-hybridized carbons (Fsp3) is 0.769. The number of aromatic nitrogens is 3. The van der Waals surface area contributed by atoms with Gasteiger partial charge in [0, 0.05) is 31.1 Å². The standard InChI is InChI=1S/C26H41N3O4S/c1-7-8-13-31-14-9-10-19(16-21(30)32-26(4,5)6)23-22(18-11-12-18)24(33-29-23)25-28-27-20(34-25)15-17(2)3/h17-19H,7-16H2,1-6H3/t19-/m0/s1. The maximum absolute atomic E-state index is 12.8. The molecule has 2 aromatic heterocycles. The van der Waals surface area contributed by atoms with Crippen LogP contribution >= 0.6 is 11.3 Å². The van der Waals surface area contributed by atoms with Crippen LogP contribution in [0.2, 0.25) is 0 Å². The molecule has 1 saturated carbocycles. The predicted molar refractivity (Wildman–Crippen MR) is 134 cm³/mol. The van der Waals surface area contributed by atoms with Crippen LogP contribution in [0.5, 0.6) is 0 Å². The van der Waals surface area contributed by atoms with Crippen LogP contribution in [-0.2, 0) is 20.7 Å². The lowest BCUT2D eigenvalue weighted by atomic mass is 9.91. The van der Waals surface area contributed by atoms with E-state index in [4.69, 9.17) is 14.0 Å². The molecule has 0 aliphatic heterocycles. The summed E-state index contributed by atoms with van der Waals surface area (Å²) in [6, 6.07) is 0. The summed E-state index contributed by atoms with van der Waals surface area (Å²) < 4.78 is 17.3. The number of rotatable bonds is 14. The molecule has 1 aliphatic rings. The second kappa shape index (κ2) is 12.2. The van der Waals surface area contributed by atoms with Crippen molar-refractivity contribution in [2.24, 2.45) is 5.92 Å². The first-order valence-corrected chi connectivity index (χ1v) is 13.6. The Kier molecular flexibility index (Phi) is 9.65. The molecule has 0 N–H and O–H groups in total. The largest absolute Gasteiger partial charge is 0.460 e. The Bertz CT molecular complexity index is 912. The van der Waals surface area contributed by atoms with Gasteiger partial charge in [-0.25, -0.2) is 0 Å². The fourth-order valence-corrected chi connectivity index (χ4v) is 5.04. The first-order chi connectivity index (χ1) is 16.2. The molecule has 34 heavy (non-hydrogen) atoms. The van der Waals surface area contributed by atoms with Crippen molar-refractivity contribution >= 4 is 17.3 Å². The first-order valence-electron chi connectivity index (χ1n) is 12.8. The van der Waals surface area contributed by atoms with E-state index in [-0.39, 0.29) is 18.3 Å². The molecule has 1 fully saturated rings. The highest BCUT2D eigenvalue weighted by Gasteiger charge is 2.37. The van der Waals surface area contributed by atoms with E-state index < -0.39 is 5.60 Å². The summed E-state index contributed by atoms with van der Waals surface area (Å²) in [6.07, 6.45) is 7.25. The number of nitrogens with zero attached hydrogens (tertiary/aromatic N) is 3. The van der Waals surface area contributed by atoms with Crippen LogP contribution in [0.25, 0.3) is 10.8 Å². The van der Waals surface area contributed by atoms with Crippen molar-refractivity contribution in [2.75, 3.05) is 13.2 Å². The molecule has 0 spiro atoms. The zero-order valence-electron chi connectivity index (χ0n) is 21.7. The molecule has 2 heterocycles. The van der Waals surface area contributed by atoms with Crippen molar-refractivity contribution in [1.82, 2.24) is 15.4 Å². The SMILES string of the molecule is CCCCOCCC[C@@H](CC(=O)OC(C)(C)C)c1noc(-c2nnc(CC(C)C)s2)c1C1CC1. The van der Waals surface area contributed by atoms with E-state index >= 15 is 0 Å². The monoisotopic (exact) mass is 491 g/mol. The maximum atomic E-state index is 12.8. The first kappa shape index (κ1) is 26.8. The van der Waals surface area contributed by atoms with Crippen molar-refractivity contribution in [3.63, 3.8) is 0 Å². The average molecular weight is 492 g/mol. The topological polar surface area (TPSA) is 87.3 Å². The number of esters is 1. The van der Waals surface area contributed by atoms with Gasteiger partial charge in [0.1, 0.15) is 10.6 Å². The lowest BCUT2D eigenvalue weighted by molar-refractivity contribution is -0.155.